The SMILES string of the molecule is CCCNC(c1ccc(Br)cc1)c1cccc(C)c1I. The van der Waals surface area contributed by atoms with Crippen LogP contribution in [-0.4, -0.2) is 6.54 Å². The minimum atomic E-state index is 0.259. The fourth-order valence-corrected chi connectivity index (χ4v) is 3.18. The molecule has 3 heteroatoms. The van der Waals surface area contributed by atoms with Crippen LogP contribution < -0.4 is 5.32 Å². The van der Waals surface area contributed by atoms with Gasteiger partial charge in [-0.1, -0.05) is 53.2 Å². The van der Waals surface area contributed by atoms with Crippen molar-refractivity contribution in [1.82, 2.24) is 5.32 Å². The lowest BCUT2D eigenvalue weighted by Gasteiger charge is -2.22. The molecule has 1 atom stereocenters. The Morgan fingerprint density at radius 3 is 2.50 bits per heavy atom. The maximum absolute atomic E-state index is 3.67. The van der Waals surface area contributed by atoms with Crippen molar-refractivity contribution in [1.29, 1.82) is 0 Å². The third kappa shape index (κ3) is 3.83. The van der Waals surface area contributed by atoms with Gasteiger partial charge in [-0.3, -0.25) is 0 Å². The predicted octanol–water partition coefficient (Wildman–Crippen LogP) is 5.45. The highest BCUT2D eigenvalue weighted by molar-refractivity contribution is 14.1. The van der Waals surface area contributed by atoms with Crippen molar-refractivity contribution in [2.75, 3.05) is 6.54 Å². The minimum Gasteiger partial charge on any atom is -0.306 e. The molecule has 20 heavy (non-hydrogen) atoms. The Balaban J connectivity index is 2.41. The summed E-state index contributed by atoms with van der Waals surface area (Å²) >= 11 is 5.96. The van der Waals surface area contributed by atoms with Crippen LogP contribution in [-0.2, 0) is 0 Å². The van der Waals surface area contributed by atoms with Crippen LogP contribution >= 0.6 is 38.5 Å². The number of nitrogens with one attached hydrogen (secondary N) is 1. The van der Waals surface area contributed by atoms with Gasteiger partial charge in [0.05, 0.1) is 6.04 Å². The van der Waals surface area contributed by atoms with Crippen LogP contribution in [0.15, 0.2) is 46.9 Å². The van der Waals surface area contributed by atoms with E-state index in [1.807, 2.05) is 0 Å². The molecule has 0 saturated carbocycles. The van der Waals surface area contributed by atoms with Gasteiger partial charge in [0, 0.05) is 8.04 Å². The van der Waals surface area contributed by atoms with E-state index in [0.29, 0.717) is 0 Å². The summed E-state index contributed by atoms with van der Waals surface area (Å²) in [6.45, 7) is 5.39. The van der Waals surface area contributed by atoms with Gasteiger partial charge in [0.1, 0.15) is 0 Å². The number of rotatable bonds is 5. The van der Waals surface area contributed by atoms with E-state index in [1.54, 1.807) is 0 Å². The second kappa shape index (κ2) is 7.57. The molecule has 1 N–H and O–H groups in total. The number of hydrogen-bond donors (Lipinski definition) is 1. The third-order valence-electron chi connectivity index (χ3n) is 3.33. The van der Waals surface area contributed by atoms with E-state index in [2.05, 4.69) is 100 Å². The molecule has 2 aromatic rings. The Kier molecular flexibility index (Phi) is 6.05. The van der Waals surface area contributed by atoms with Gasteiger partial charge >= 0.3 is 0 Å². The van der Waals surface area contributed by atoms with Gasteiger partial charge < -0.3 is 5.32 Å². The molecular formula is C17H19BrIN. The molecule has 0 aromatic heterocycles. The van der Waals surface area contributed by atoms with Crippen LogP contribution in [0.3, 0.4) is 0 Å². The lowest BCUT2D eigenvalue weighted by molar-refractivity contribution is 0.596. The fraction of sp³-hybridized carbons (Fsp3) is 0.294. The Morgan fingerprint density at radius 2 is 1.85 bits per heavy atom. The van der Waals surface area contributed by atoms with E-state index in [0.717, 1.165) is 17.4 Å². The number of hydrogen-bond acceptors (Lipinski definition) is 1. The Hall–Kier alpha value is -0.390. The molecule has 0 heterocycles. The molecule has 106 valence electrons. The molecule has 2 aromatic carbocycles. The first-order valence-corrected chi connectivity index (χ1v) is 8.74. The standard InChI is InChI=1S/C17H19BrIN/c1-3-11-20-17(13-7-9-14(18)10-8-13)15-6-4-5-12(2)16(15)19/h4-10,17,20H,3,11H2,1-2H3. The van der Waals surface area contributed by atoms with Gasteiger partial charge in [-0.05, 0) is 71.3 Å². The van der Waals surface area contributed by atoms with Crippen LogP contribution in [0.5, 0.6) is 0 Å². The second-order valence-electron chi connectivity index (χ2n) is 4.92. The first kappa shape index (κ1) is 16.0. The maximum atomic E-state index is 3.67. The zero-order valence-corrected chi connectivity index (χ0v) is 15.5. The number of halogens is 2. The summed E-state index contributed by atoms with van der Waals surface area (Å²) in [5.74, 6) is 0. The average Bonchev–Trinajstić information content (AvgIpc) is 2.45. The number of aryl methyl sites for hydroxylation is 1. The highest BCUT2D eigenvalue weighted by Gasteiger charge is 2.16. The van der Waals surface area contributed by atoms with Crippen molar-refractivity contribution >= 4 is 38.5 Å². The largest absolute Gasteiger partial charge is 0.306 e. The molecule has 0 saturated heterocycles. The summed E-state index contributed by atoms with van der Waals surface area (Å²) in [5.41, 5.74) is 4.01. The molecule has 1 nitrogen and oxygen atoms in total. The molecule has 2 rings (SSSR count). The van der Waals surface area contributed by atoms with Crippen molar-refractivity contribution < 1.29 is 0 Å². The minimum absolute atomic E-state index is 0.259. The van der Waals surface area contributed by atoms with Crippen molar-refractivity contribution in [3.63, 3.8) is 0 Å². The highest BCUT2D eigenvalue weighted by atomic mass is 127. The predicted molar refractivity (Wildman–Crippen MR) is 98.2 cm³/mol. The van der Waals surface area contributed by atoms with E-state index >= 15 is 0 Å². The summed E-state index contributed by atoms with van der Waals surface area (Å²) in [4.78, 5) is 0. The fourth-order valence-electron chi connectivity index (χ4n) is 2.24. The van der Waals surface area contributed by atoms with Gasteiger partial charge in [0.2, 0.25) is 0 Å². The normalized spacial score (nSPS) is 12.4. The summed E-state index contributed by atoms with van der Waals surface area (Å²) < 4.78 is 2.47. The van der Waals surface area contributed by atoms with Crippen LogP contribution in [0.1, 0.15) is 36.1 Å². The molecule has 0 radical (unpaired) electrons. The first-order valence-electron chi connectivity index (χ1n) is 6.87. The Labute approximate surface area is 143 Å². The summed E-state index contributed by atoms with van der Waals surface area (Å²) in [6.07, 6.45) is 1.13. The molecule has 0 amide bonds. The van der Waals surface area contributed by atoms with Crippen molar-refractivity contribution in [2.45, 2.75) is 26.3 Å². The average molecular weight is 444 g/mol. The first-order chi connectivity index (χ1) is 9.63. The van der Waals surface area contributed by atoms with E-state index in [9.17, 15) is 0 Å². The molecule has 0 bridgehead atoms. The van der Waals surface area contributed by atoms with Crippen molar-refractivity contribution in [2.24, 2.45) is 0 Å². The van der Waals surface area contributed by atoms with Crippen molar-refractivity contribution in [3.8, 4) is 0 Å². The lowest BCUT2D eigenvalue weighted by Crippen LogP contribution is -2.24. The molecule has 0 aliphatic rings. The summed E-state index contributed by atoms with van der Waals surface area (Å²) in [5, 5.41) is 3.67. The molecule has 0 aliphatic carbocycles. The van der Waals surface area contributed by atoms with E-state index < -0.39 is 0 Å². The lowest BCUT2D eigenvalue weighted by atomic mass is 9.97. The molecule has 0 aliphatic heterocycles. The zero-order chi connectivity index (χ0) is 14.5. The highest BCUT2D eigenvalue weighted by Crippen LogP contribution is 2.29. The van der Waals surface area contributed by atoms with Gasteiger partial charge in [-0.15, -0.1) is 0 Å². The molecule has 1 unspecified atom stereocenters. The number of benzene rings is 2. The maximum Gasteiger partial charge on any atom is 0.0587 e. The van der Waals surface area contributed by atoms with Crippen LogP contribution in [0, 0.1) is 10.5 Å². The third-order valence-corrected chi connectivity index (χ3v) is 5.34. The Morgan fingerprint density at radius 1 is 1.15 bits per heavy atom. The van der Waals surface area contributed by atoms with Gasteiger partial charge in [0.15, 0.2) is 0 Å². The van der Waals surface area contributed by atoms with Crippen LogP contribution in [0.2, 0.25) is 0 Å². The molecule has 0 fully saturated rings. The van der Waals surface area contributed by atoms with E-state index in [-0.39, 0.29) is 6.04 Å². The van der Waals surface area contributed by atoms with Gasteiger partial charge in [-0.25, -0.2) is 0 Å². The van der Waals surface area contributed by atoms with Crippen LogP contribution in [0.25, 0.3) is 0 Å². The van der Waals surface area contributed by atoms with Crippen LogP contribution in [0.4, 0.5) is 0 Å². The summed E-state index contributed by atoms with van der Waals surface area (Å²) in [7, 11) is 0. The topological polar surface area (TPSA) is 12.0 Å². The molecule has 0 spiro atoms. The smallest absolute Gasteiger partial charge is 0.0587 e. The second-order valence-corrected chi connectivity index (χ2v) is 6.91. The zero-order valence-electron chi connectivity index (χ0n) is 11.8. The van der Waals surface area contributed by atoms with Gasteiger partial charge in [0.25, 0.3) is 0 Å². The molecular weight excluding hydrogens is 425 g/mol. The summed E-state index contributed by atoms with van der Waals surface area (Å²) in [6, 6.07) is 15.4. The quantitative estimate of drug-likeness (QED) is 0.605. The van der Waals surface area contributed by atoms with E-state index in [4.69, 9.17) is 0 Å². The van der Waals surface area contributed by atoms with Gasteiger partial charge in [-0.2, -0.15) is 0 Å². The van der Waals surface area contributed by atoms with Crippen molar-refractivity contribution in [3.05, 3.63) is 67.2 Å². The monoisotopic (exact) mass is 443 g/mol. The van der Waals surface area contributed by atoms with E-state index in [1.165, 1.54) is 20.3 Å². The Bertz CT molecular complexity index is 566.